The molecule has 0 aliphatic heterocycles. The van der Waals surface area contributed by atoms with E-state index in [1.165, 1.54) is 10.9 Å². The van der Waals surface area contributed by atoms with Gasteiger partial charge >= 0.3 is 0 Å². The first-order valence-electron chi connectivity index (χ1n) is 6.51. The van der Waals surface area contributed by atoms with Crippen molar-refractivity contribution in [1.82, 2.24) is 9.97 Å². The summed E-state index contributed by atoms with van der Waals surface area (Å²) in [5.74, 6) is 1.39. The molecule has 1 N–H and O–H groups in total. The van der Waals surface area contributed by atoms with Crippen molar-refractivity contribution >= 4 is 16.6 Å². The van der Waals surface area contributed by atoms with Crippen LogP contribution in [0.15, 0.2) is 18.5 Å². The van der Waals surface area contributed by atoms with E-state index in [-0.39, 0.29) is 0 Å². The Morgan fingerprint density at radius 3 is 2.44 bits per heavy atom. The third kappa shape index (κ3) is 2.30. The second-order valence-electron chi connectivity index (χ2n) is 5.35. The van der Waals surface area contributed by atoms with Gasteiger partial charge in [0.15, 0.2) is 0 Å². The molecule has 2 aromatic heterocycles. The number of aryl methyl sites for hydroxylation is 1. The van der Waals surface area contributed by atoms with Gasteiger partial charge in [-0.2, -0.15) is 0 Å². The van der Waals surface area contributed by atoms with Crippen LogP contribution in [0, 0.1) is 6.92 Å². The summed E-state index contributed by atoms with van der Waals surface area (Å²) in [5, 5.41) is 5.78. The Hall–Kier alpha value is -1.64. The number of aromatic nitrogens is 2. The lowest BCUT2D eigenvalue weighted by atomic mass is 10.00. The van der Waals surface area contributed by atoms with Crippen molar-refractivity contribution < 1.29 is 0 Å². The third-order valence-electron chi connectivity index (χ3n) is 3.07. The van der Waals surface area contributed by atoms with Crippen LogP contribution in [0.3, 0.4) is 0 Å². The van der Waals surface area contributed by atoms with Gasteiger partial charge in [-0.1, -0.05) is 13.8 Å². The summed E-state index contributed by atoms with van der Waals surface area (Å²) in [7, 11) is 0. The lowest BCUT2D eigenvalue weighted by Crippen LogP contribution is -2.13. The Morgan fingerprint density at radius 1 is 1.11 bits per heavy atom. The zero-order valence-electron chi connectivity index (χ0n) is 11.8. The highest BCUT2D eigenvalue weighted by Gasteiger charge is 2.13. The van der Waals surface area contributed by atoms with E-state index in [1.807, 2.05) is 18.5 Å². The smallest absolute Gasteiger partial charge is 0.134 e. The topological polar surface area (TPSA) is 37.8 Å². The molecule has 0 aliphatic carbocycles. The molecule has 0 fully saturated rings. The van der Waals surface area contributed by atoms with E-state index in [1.54, 1.807) is 0 Å². The summed E-state index contributed by atoms with van der Waals surface area (Å²) in [6.07, 6.45) is 3.76. The number of anilines is 1. The molecule has 96 valence electrons. The molecule has 0 aromatic carbocycles. The van der Waals surface area contributed by atoms with E-state index in [0.717, 1.165) is 16.9 Å². The fraction of sp³-hybridized carbons (Fsp3) is 0.467. The maximum absolute atomic E-state index is 4.80. The summed E-state index contributed by atoms with van der Waals surface area (Å²) < 4.78 is 0. The summed E-state index contributed by atoms with van der Waals surface area (Å²) in [5.41, 5.74) is 2.39. The first kappa shape index (κ1) is 12.8. The summed E-state index contributed by atoms with van der Waals surface area (Å²) in [4.78, 5) is 9.04. The largest absolute Gasteiger partial charge is 0.367 e. The normalized spacial score (nSPS) is 11.5. The van der Waals surface area contributed by atoms with Gasteiger partial charge in [0.25, 0.3) is 0 Å². The maximum atomic E-state index is 4.80. The zero-order chi connectivity index (χ0) is 13.3. The van der Waals surface area contributed by atoms with E-state index in [2.05, 4.69) is 44.9 Å². The average Bonchev–Trinajstić information content (AvgIpc) is 2.32. The van der Waals surface area contributed by atoms with Gasteiger partial charge in [-0.3, -0.25) is 4.98 Å². The van der Waals surface area contributed by atoms with Crippen molar-refractivity contribution in [1.29, 1.82) is 0 Å². The molecular weight excluding hydrogens is 222 g/mol. The van der Waals surface area contributed by atoms with Gasteiger partial charge in [-0.15, -0.1) is 0 Å². The number of rotatable bonds is 3. The maximum Gasteiger partial charge on any atom is 0.134 e. The summed E-state index contributed by atoms with van der Waals surface area (Å²) in [6.45, 7) is 10.7. The van der Waals surface area contributed by atoms with Gasteiger partial charge in [0.2, 0.25) is 0 Å². The fourth-order valence-corrected chi connectivity index (χ4v) is 2.25. The van der Waals surface area contributed by atoms with E-state index >= 15 is 0 Å². The Bertz CT molecular complexity index is 559. The Morgan fingerprint density at radius 2 is 1.83 bits per heavy atom. The molecule has 2 aromatic rings. The molecule has 0 saturated heterocycles. The second kappa shape index (κ2) is 4.92. The Labute approximate surface area is 109 Å². The van der Waals surface area contributed by atoms with Gasteiger partial charge in [0.05, 0.1) is 0 Å². The van der Waals surface area contributed by atoms with Crippen molar-refractivity contribution in [3.8, 4) is 0 Å². The van der Waals surface area contributed by atoms with Crippen LogP contribution in [0.5, 0.6) is 0 Å². The lowest BCUT2D eigenvalue weighted by Gasteiger charge is -2.17. The van der Waals surface area contributed by atoms with Crippen LogP contribution in [0.25, 0.3) is 10.8 Å². The SMILES string of the molecule is Cc1c(C(C)C)nc(NC(C)C)c2ccncc12. The molecule has 0 aliphatic rings. The van der Waals surface area contributed by atoms with Crippen molar-refractivity contribution in [3.63, 3.8) is 0 Å². The number of hydrogen-bond acceptors (Lipinski definition) is 3. The molecular formula is C15H21N3. The highest BCUT2D eigenvalue weighted by atomic mass is 15.0. The van der Waals surface area contributed by atoms with Gasteiger partial charge < -0.3 is 5.32 Å². The highest BCUT2D eigenvalue weighted by Crippen LogP contribution is 2.29. The predicted octanol–water partition coefficient (Wildman–Crippen LogP) is 3.88. The molecule has 0 unspecified atom stereocenters. The lowest BCUT2D eigenvalue weighted by molar-refractivity contribution is 0.809. The van der Waals surface area contributed by atoms with E-state index in [0.29, 0.717) is 12.0 Å². The minimum absolute atomic E-state index is 0.372. The van der Waals surface area contributed by atoms with Gasteiger partial charge in [0.1, 0.15) is 5.82 Å². The Balaban J connectivity index is 2.71. The zero-order valence-corrected chi connectivity index (χ0v) is 11.8. The molecule has 0 spiro atoms. The molecule has 0 amide bonds. The van der Waals surface area contributed by atoms with Crippen LogP contribution in [-0.4, -0.2) is 16.0 Å². The van der Waals surface area contributed by atoms with E-state index in [4.69, 9.17) is 4.98 Å². The van der Waals surface area contributed by atoms with Crippen molar-refractivity contribution in [2.75, 3.05) is 5.32 Å². The van der Waals surface area contributed by atoms with Crippen molar-refractivity contribution in [2.24, 2.45) is 0 Å². The molecule has 3 heteroatoms. The van der Waals surface area contributed by atoms with Crippen LogP contribution in [0.2, 0.25) is 0 Å². The standard InChI is InChI=1S/C15H21N3/c1-9(2)14-11(5)13-8-16-7-6-12(13)15(18-14)17-10(3)4/h6-10H,1-5H3,(H,17,18). The molecule has 2 rings (SSSR count). The third-order valence-corrected chi connectivity index (χ3v) is 3.07. The molecule has 18 heavy (non-hydrogen) atoms. The van der Waals surface area contributed by atoms with E-state index in [9.17, 15) is 0 Å². The quantitative estimate of drug-likeness (QED) is 0.889. The van der Waals surface area contributed by atoms with Crippen LogP contribution in [-0.2, 0) is 0 Å². The van der Waals surface area contributed by atoms with Crippen LogP contribution in [0.4, 0.5) is 5.82 Å². The van der Waals surface area contributed by atoms with Crippen LogP contribution in [0.1, 0.15) is 44.9 Å². The van der Waals surface area contributed by atoms with Crippen molar-refractivity contribution in [3.05, 3.63) is 29.7 Å². The molecule has 3 nitrogen and oxygen atoms in total. The highest BCUT2D eigenvalue weighted by molar-refractivity contribution is 5.94. The Kier molecular flexibility index (Phi) is 3.50. The predicted molar refractivity (Wildman–Crippen MR) is 77.1 cm³/mol. The molecule has 0 radical (unpaired) electrons. The molecule has 0 atom stereocenters. The molecule has 0 bridgehead atoms. The number of pyridine rings is 2. The molecule has 0 saturated carbocycles. The number of nitrogens with zero attached hydrogens (tertiary/aromatic N) is 2. The second-order valence-corrected chi connectivity index (χ2v) is 5.35. The van der Waals surface area contributed by atoms with Gasteiger partial charge in [-0.25, -0.2) is 4.98 Å². The van der Waals surface area contributed by atoms with Crippen LogP contribution < -0.4 is 5.32 Å². The minimum atomic E-state index is 0.372. The monoisotopic (exact) mass is 243 g/mol. The van der Waals surface area contributed by atoms with Gasteiger partial charge in [-0.05, 0) is 38.3 Å². The molecule has 2 heterocycles. The van der Waals surface area contributed by atoms with Gasteiger partial charge in [0, 0.05) is 34.9 Å². The first-order valence-corrected chi connectivity index (χ1v) is 6.51. The minimum Gasteiger partial charge on any atom is -0.367 e. The first-order chi connectivity index (χ1) is 8.50. The summed E-state index contributed by atoms with van der Waals surface area (Å²) in [6, 6.07) is 2.40. The number of hydrogen-bond donors (Lipinski definition) is 1. The number of nitrogens with one attached hydrogen (secondary N) is 1. The number of fused-ring (bicyclic) bond motifs is 1. The van der Waals surface area contributed by atoms with Crippen LogP contribution >= 0.6 is 0 Å². The average molecular weight is 243 g/mol. The fourth-order valence-electron chi connectivity index (χ4n) is 2.25. The van der Waals surface area contributed by atoms with E-state index < -0.39 is 0 Å². The summed E-state index contributed by atoms with van der Waals surface area (Å²) >= 11 is 0. The van der Waals surface area contributed by atoms with Crippen molar-refractivity contribution in [2.45, 2.75) is 46.6 Å².